The lowest BCUT2D eigenvalue weighted by molar-refractivity contribution is -0.915. The highest BCUT2D eigenvalue weighted by Gasteiger charge is 2.19. The molecule has 2 aromatic carbocycles. The molecule has 0 spiro atoms. The van der Waals surface area contributed by atoms with Crippen LogP contribution in [0.3, 0.4) is 0 Å². The highest BCUT2D eigenvalue weighted by molar-refractivity contribution is 5.90. The average Bonchev–Trinajstić information content (AvgIpc) is 2.60. The number of methoxy groups -OCH3 is 1. The molecule has 0 saturated carbocycles. The van der Waals surface area contributed by atoms with Crippen LogP contribution in [0.1, 0.15) is 17.5 Å². The van der Waals surface area contributed by atoms with Gasteiger partial charge in [0.05, 0.1) is 26.6 Å². The molecule has 2 N–H and O–H groups in total. The third kappa shape index (κ3) is 4.11. The van der Waals surface area contributed by atoms with Gasteiger partial charge in [0, 0.05) is 17.7 Å². The second-order valence-electron chi connectivity index (χ2n) is 5.97. The van der Waals surface area contributed by atoms with Crippen molar-refractivity contribution in [1.82, 2.24) is 0 Å². The Morgan fingerprint density at radius 3 is 2.61 bits per heavy atom. The van der Waals surface area contributed by atoms with Gasteiger partial charge >= 0.3 is 0 Å². The Bertz CT molecular complexity index is 667. The summed E-state index contributed by atoms with van der Waals surface area (Å²) in [5.74, 6) is 0.862. The van der Waals surface area contributed by atoms with Gasteiger partial charge in [-0.3, -0.25) is 4.79 Å². The molecular weight excluding hydrogens is 288 g/mol. The molecule has 120 valence electrons. The maximum absolute atomic E-state index is 12.1. The second-order valence-corrected chi connectivity index (χ2v) is 5.97. The van der Waals surface area contributed by atoms with Crippen LogP contribution < -0.4 is 15.0 Å². The van der Waals surface area contributed by atoms with Crippen LogP contribution in [0.25, 0.3) is 0 Å². The van der Waals surface area contributed by atoms with Gasteiger partial charge < -0.3 is 15.0 Å². The number of ether oxygens (including phenoxy) is 1. The number of quaternary nitrogens is 1. The van der Waals surface area contributed by atoms with Crippen LogP contribution in [0.4, 0.5) is 5.69 Å². The minimum atomic E-state index is 0.0709. The van der Waals surface area contributed by atoms with Crippen molar-refractivity contribution in [3.8, 4) is 5.75 Å². The lowest BCUT2D eigenvalue weighted by Crippen LogP contribution is -3.11. The minimum absolute atomic E-state index is 0.0709. The van der Waals surface area contributed by atoms with Gasteiger partial charge in [-0.05, 0) is 29.8 Å². The van der Waals surface area contributed by atoms with Crippen molar-refractivity contribution in [1.29, 1.82) is 0 Å². The van der Waals surface area contributed by atoms with E-state index < -0.39 is 0 Å². The molecule has 0 saturated heterocycles. The van der Waals surface area contributed by atoms with Crippen molar-refractivity contribution in [2.75, 3.05) is 25.5 Å². The largest absolute Gasteiger partial charge is 0.497 e. The lowest BCUT2D eigenvalue weighted by Gasteiger charge is -2.25. The molecule has 1 aliphatic rings. The van der Waals surface area contributed by atoms with Gasteiger partial charge in [-0.2, -0.15) is 0 Å². The van der Waals surface area contributed by atoms with E-state index >= 15 is 0 Å². The molecule has 1 amide bonds. The number of hydrogen-bond donors (Lipinski definition) is 2. The minimum Gasteiger partial charge on any atom is -0.497 e. The first-order chi connectivity index (χ1) is 11.2. The number of carbonyl (C=O) groups is 1. The van der Waals surface area contributed by atoms with Crippen LogP contribution >= 0.6 is 0 Å². The fraction of sp³-hybridized carbons (Fsp3) is 0.316. The number of anilines is 1. The van der Waals surface area contributed by atoms with Crippen molar-refractivity contribution in [2.24, 2.45) is 0 Å². The van der Waals surface area contributed by atoms with Crippen LogP contribution in [0, 0.1) is 0 Å². The number of rotatable bonds is 5. The fourth-order valence-corrected chi connectivity index (χ4v) is 3.04. The molecule has 1 aliphatic heterocycles. The maximum Gasteiger partial charge on any atom is 0.230 e. The molecule has 0 aliphatic carbocycles. The Morgan fingerprint density at radius 2 is 1.87 bits per heavy atom. The summed E-state index contributed by atoms with van der Waals surface area (Å²) in [6.07, 6.45) is 1.65. The van der Waals surface area contributed by atoms with Gasteiger partial charge in [0.15, 0.2) is 0 Å². The Balaban J connectivity index is 1.47. The molecule has 3 rings (SSSR count). The number of fused-ring (bicyclic) bond motifs is 1. The van der Waals surface area contributed by atoms with Gasteiger partial charge in [0.1, 0.15) is 12.3 Å². The molecule has 0 radical (unpaired) electrons. The molecule has 1 unspecified atom stereocenters. The van der Waals surface area contributed by atoms with E-state index in [1.807, 2.05) is 24.3 Å². The smallest absolute Gasteiger partial charge is 0.230 e. The van der Waals surface area contributed by atoms with Crippen LogP contribution in [0.15, 0.2) is 48.5 Å². The SMILES string of the molecule is COc1ccc(NC(=O)CC[NH+]2CCc3ccccc3C2)cc1. The standard InChI is InChI=1S/C19H22N2O2/c1-23-18-8-6-17(7-9-18)20-19(22)11-13-21-12-10-15-4-2-3-5-16(15)14-21/h2-9H,10-14H2,1H3,(H,20,22)/p+1. The summed E-state index contributed by atoms with van der Waals surface area (Å²) < 4.78 is 5.11. The summed E-state index contributed by atoms with van der Waals surface area (Å²) in [6, 6.07) is 16.0. The molecule has 1 atom stereocenters. The van der Waals surface area contributed by atoms with Crippen molar-refractivity contribution in [3.05, 3.63) is 59.7 Å². The monoisotopic (exact) mass is 311 g/mol. The van der Waals surface area contributed by atoms with Crippen molar-refractivity contribution in [2.45, 2.75) is 19.4 Å². The van der Waals surface area contributed by atoms with Gasteiger partial charge in [-0.1, -0.05) is 24.3 Å². The third-order valence-electron chi connectivity index (χ3n) is 4.39. The zero-order valence-corrected chi connectivity index (χ0v) is 13.5. The Hall–Kier alpha value is -2.33. The highest BCUT2D eigenvalue weighted by atomic mass is 16.5. The number of hydrogen-bond acceptors (Lipinski definition) is 2. The number of nitrogens with one attached hydrogen (secondary N) is 2. The fourth-order valence-electron chi connectivity index (χ4n) is 3.04. The quantitative estimate of drug-likeness (QED) is 0.882. The second kappa shape index (κ2) is 7.29. The third-order valence-corrected chi connectivity index (χ3v) is 4.39. The Labute approximate surface area is 137 Å². The van der Waals surface area contributed by atoms with E-state index in [2.05, 4.69) is 29.6 Å². The predicted octanol–water partition coefficient (Wildman–Crippen LogP) is 1.66. The first-order valence-corrected chi connectivity index (χ1v) is 8.09. The maximum atomic E-state index is 12.1. The van der Waals surface area contributed by atoms with E-state index in [4.69, 9.17) is 4.74 Å². The molecule has 0 bridgehead atoms. The van der Waals surface area contributed by atoms with Gasteiger partial charge in [0.25, 0.3) is 0 Å². The molecule has 4 heteroatoms. The summed E-state index contributed by atoms with van der Waals surface area (Å²) in [5, 5.41) is 2.94. The normalized spacial score (nSPS) is 16.5. The van der Waals surface area contributed by atoms with Crippen LogP contribution in [0.5, 0.6) is 5.75 Å². The topological polar surface area (TPSA) is 42.8 Å². The zero-order chi connectivity index (χ0) is 16.1. The predicted molar refractivity (Wildman–Crippen MR) is 90.8 cm³/mol. The van der Waals surface area contributed by atoms with Gasteiger partial charge in [-0.25, -0.2) is 0 Å². The first kappa shape index (κ1) is 15.6. The van der Waals surface area contributed by atoms with E-state index in [0.717, 1.165) is 37.5 Å². The van der Waals surface area contributed by atoms with E-state index in [0.29, 0.717) is 6.42 Å². The number of carbonyl (C=O) groups excluding carboxylic acids is 1. The summed E-state index contributed by atoms with van der Waals surface area (Å²) in [4.78, 5) is 13.6. The number of amides is 1. The summed E-state index contributed by atoms with van der Waals surface area (Å²) in [6.45, 7) is 3.00. The van der Waals surface area contributed by atoms with E-state index in [1.165, 1.54) is 16.0 Å². The Kier molecular flexibility index (Phi) is 4.93. The van der Waals surface area contributed by atoms with Gasteiger partial charge in [-0.15, -0.1) is 0 Å². The van der Waals surface area contributed by atoms with E-state index in [1.54, 1.807) is 7.11 Å². The molecule has 4 nitrogen and oxygen atoms in total. The molecule has 23 heavy (non-hydrogen) atoms. The van der Waals surface area contributed by atoms with Crippen LogP contribution in [-0.4, -0.2) is 26.1 Å². The van der Waals surface area contributed by atoms with Crippen molar-refractivity contribution < 1.29 is 14.4 Å². The Morgan fingerprint density at radius 1 is 1.13 bits per heavy atom. The van der Waals surface area contributed by atoms with Crippen molar-refractivity contribution in [3.63, 3.8) is 0 Å². The summed E-state index contributed by atoms with van der Waals surface area (Å²) in [5.41, 5.74) is 3.69. The molecule has 2 aromatic rings. The van der Waals surface area contributed by atoms with E-state index in [-0.39, 0.29) is 5.91 Å². The summed E-state index contributed by atoms with van der Waals surface area (Å²) in [7, 11) is 1.63. The van der Waals surface area contributed by atoms with E-state index in [9.17, 15) is 4.79 Å². The van der Waals surface area contributed by atoms with Crippen molar-refractivity contribution >= 4 is 11.6 Å². The zero-order valence-electron chi connectivity index (χ0n) is 13.5. The average molecular weight is 311 g/mol. The van der Waals surface area contributed by atoms with Gasteiger partial charge in [0.2, 0.25) is 5.91 Å². The highest BCUT2D eigenvalue weighted by Crippen LogP contribution is 2.15. The molecular formula is C19H23N2O2+. The molecule has 0 aromatic heterocycles. The lowest BCUT2D eigenvalue weighted by atomic mass is 10.00. The van der Waals surface area contributed by atoms with Crippen LogP contribution in [0.2, 0.25) is 0 Å². The molecule has 0 fully saturated rings. The summed E-state index contributed by atoms with van der Waals surface area (Å²) >= 11 is 0. The molecule has 1 heterocycles. The van der Waals surface area contributed by atoms with Crippen LogP contribution in [-0.2, 0) is 17.8 Å². The first-order valence-electron chi connectivity index (χ1n) is 8.09. The number of benzene rings is 2.